The number of nitrogens with one attached hydrogen (secondary N) is 1. The van der Waals surface area contributed by atoms with Crippen molar-refractivity contribution in [1.82, 2.24) is 9.55 Å². The molecule has 31 heavy (non-hydrogen) atoms. The Bertz CT molecular complexity index is 1550. The molecule has 0 unspecified atom stereocenters. The first kappa shape index (κ1) is 19.5. The standard InChI is InChI=1S/C21H16N4O4S2/c1-12-8-9-13(30-12)11-25-20-14(5-4-10-22-20)18(26)17(21(25)27)19-23-15-6-2-3-7-16(15)31(28,29)24-19/h2-10,26H,11H2,1H3,(H,23,24). The van der Waals surface area contributed by atoms with Gasteiger partial charge in [0.15, 0.2) is 5.84 Å². The molecule has 2 N–H and O–H groups in total. The first-order valence-electron chi connectivity index (χ1n) is 9.32. The van der Waals surface area contributed by atoms with E-state index >= 15 is 0 Å². The van der Waals surface area contributed by atoms with Crippen molar-refractivity contribution in [3.8, 4) is 5.75 Å². The fourth-order valence-electron chi connectivity index (χ4n) is 3.57. The summed E-state index contributed by atoms with van der Waals surface area (Å²) in [4.78, 5) is 19.8. The normalized spacial score (nSPS) is 14.7. The van der Waals surface area contributed by atoms with Gasteiger partial charge in [0, 0.05) is 16.0 Å². The van der Waals surface area contributed by atoms with Crippen molar-refractivity contribution in [2.45, 2.75) is 18.4 Å². The van der Waals surface area contributed by atoms with Gasteiger partial charge in [-0.2, -0.15) is 8.42 Å². The summed E-state index contributed by atoms with van der Waals surface area (Å²) in [6.07, 6.45) is 1.54. The molecule has 4 heterocycles. The van der Waals surface area contributed by atoms with Crippen molar-refractivity contribution in [1.29, 1.82) is 0 Å². The van der Waals surface area contributed by atoms with Crippen LogP contribution >= 0.6 is 11.3 Å². The minimum atomic E-state index is -4.04. The second-order valence-corrected chi connectivity index (χ2v) is 9.98. The highest BCUT2D eigenvalue weighted by molar-refractivity contribution is 7.90. The van der Waals surface area contributed by atoms with Crippen LogP contribution in [0, 0.1) is 6.92 Å². The number of para-hydroxylation sites is 1. The van der Waals surface area contributed by atoms with Crippen molar-refractivity contribution in [2.24, 2.45) is 4.40 Å². The molecule has 4 aromatic rings. The minimum Gasteiger partial charge on any atom is -0.506 e. The van der Waals surface area contributed by atoms with Gasteiger partial charge < -0.3 is 10.4 Å². The number of aromatic hydroxyl groups is 1. The van der Waals surface area contributed by atoms with Crippen molar-refractivity contribution < 1.29 is 13.5 Å². The molecule has 10 heteroatoms. The van der Waals surface area contributed by atoms with E-state index in [9.17, 15) is 18.3 Å². The molecule has 0 spiro atoms. The second-order valence-electron chi connectivity index (χ2n) is 7.04. The van der Waals surface area contributed by atoms with E-state index in [0.29, 0.717) is 11.0 Å². The minimum absolute atomic E-state index is 0.00934. The van der Waals surface area contributed by atoms with Crippen LogP contribution in [0.5, 0.6) is 5.75 Å². The maximum absolute atomic E-state index is 13.5. The summed E-state index contributed by atoms with van der Waals surface area (Å²) in [5.74, 6) is -0.587. The van der Waals surface area contributed by atoms with Gasteiger partial charge in [-0.05, 0) is 43.3 Å². The van der Waals surface area contributed by atoms with E-state index in [1.54, 1.807) is 41.7 Å². The Hall–Kier alpha value is -3.50. The summed E-state index contributed by atoms with van der Waals surface area (Å²) < 4.78 is 30.6. The molecule has 3 aromatic heterocycles. The van der Waals surface area contributed by atoms with Gasteiger partial charge in [0.1, 0.15) is 21.9 Å². The van der Waals surface area contributed by atoms with Crippen molar-refractivity contribution >= 4 is 43.9 Å². The summed E-state index contributed by atoms with van der Waals surface area (Å²) in [7, 11) is -4.04. The molecule has 5 rings (SSSR count). The lowest BCUT2D eigenvalue weighted by atomic mass is 10.1. The molecule has 0 radical (unpaired) electrons. The zero-order valence-corrected chi connectivity index (χ0v) is 17.9. The third-order valence-corrected chi connectivity index (χ3v) is 7.29. The molecule has 0 saturated carbocycles. The Morgan fingerprint density at radius 1 is 1.13 bits per heavy atom. The highest BCUT2D eigenvalue weighted by Gasteiger charge is 2.29. The molecule has 0 saturated heterocycles. The largest absolute Gasteiger partial charge is 0.506 e. The van der Waals surface area contributed by atoms with Crippen LogP contribution in [-0.2, 0) is 16.6 Å². The molecule has 1 aromatic carbocycles. The summed E-state index contributed by atoms with van der Waals surface area (Å²) in [5.41, 5.74) is -0.208. The molecule has 0 amide bonds. The Morgan fingerprint density at radius 3 is 2.71 bits per heavy atom. The maximum Gasteiger partial charge on any atom is 0.286 e. The van der Waals surface area contributed by atoms with Crippen molar-refractivity contribution in [2.75, 3.05) is 5.32 Å². The molecule has 156 valence electrons. The number of nitrogens with zero attached hydrogens (tertiary/aromatic N) is 3. The summed E-state index contributed by atoms with van der Waals surface area (Å²) in [6.45, 7) is 2.20. The molecule has 1 aliphatic rings. The number of sulfonamides is 1. The fourth-order valence-corrected chi connectivity index (χ4v) is 5.58. The van der Waals surface area contributed by atoms with E-state index in [0.717, 1.165) is 9.75 Å². The number of hydrogen-bond acceptors (Lipinski definition) is 7. The predicted molar refractivity (Wildman–Crippen MR) is 120 cm³/mol. The molecule has 0 fully saturated rings. The first-order valence-corrected chi connectivity index (χ1v) is 11.6. The number of hydrogen-bond donors (Lipinski definition) is 2. The molecule has 0 atom stereocenters. The van der Waals surface area contributed by atoms with Gasteiger partial charge in [-0.1, -0.05) is 12.1 Å². The van der Waals surface area contributed by atoms with Gasteiger partial charge in [-0.25, -0.2) is 4.98 Å². The lowest BCUT2D eigenvalue weighted by Crippen LogP contribution is -2.33. The lowest BCUT2D eigenvalue weighted by Gasteiger charge is -2.20. The zero-order chi connectivity index (χ0) is 21.8. The number of anilines is 1. The molecular weight excluding hydrogens is 436 g/mol. The number of amidine groups is 1. The van der Waals surface area contributed by atoms with Crippen LogP contribution in [0.25, 0.3) is 11.0 Å². The third kappa shape index (κ3) is 3.20. The second kappa shape index (κ2) is 7.03. The van der Waals surface area contributed by atoms with Gasteiger partial charge in [-0.15, -0.1) is 15.7 Å². The summed E-state index contributed by atoms with van der Waals surface area (Å²) >= 11 is 1.54. The number of fused-ring (bicyclic) bond motifs is 2. The van der Waals surface area contributed by atoms with E-state index in [2.05, 4.69) is 14.7 Å². The quantitative estimate of drug-likeness (QED) is 0.494. The molecular formula is C21H16N4O4S2. The van der Waals surface area contributed by atoms with Gasteiger partial charge in [0.05, 0.1) is 17.6 Å². The van der Waals surface area contributed by atoms with Crippen LogP contribution in [0.15, 0.2) is 68.8 Å². The van der Waals surface area contributed by atoms with E-state index in [1.165, 1.54) is 16.8 Å². The number of pyridine rings is 2. The van der Waals surface area contributed by atoms with Crippen LogP contribution in [0.4, 0.5) is 5.69 Å². The molecule has 8 nitrogen and oxygen atoms in total. The van der Waals surface area contributed by atoms with Crippen LogP contribution in [0.1, 0.15) is 15.3 Å². The van der Waals surface area contributed by atoms with Gasteiger partial charge in [-0.3, -0.25) is 9.36 Å². The van der Waals surface area contributed by atoms with Crippen molar-refractivity contribution in [3.63, 3.8) is 0 Å². The van der Waals surface area contributed by atoms with Gasteiger partial charge in [0.2, 0.25) is 0 Å². The number of thiophene rings is 1. The highest BCUT2D eigenvalue weighted by atomic mass is 32.2. The Labute approximate surface area is 181 Å². The van der Waals surface area contributed by atoms with E-state index in [1.807, 2.05) is 19.1 Å². The zero-order valence-electron chi connectivity index (χ0n) is 16.2. The van der Waals surface area contributed by atoms with Crippen LogP contribution in [-0.4, -0.2) is 28.9 Å². The van der Waals surface area contributed by atoms with Crippen LogP contribution in [0.2, 0.25) is 0 Å². The molecule has 0 bridgehead atoms. The first-order chi connectivity index (χ1) is 14.8. The summed E-state index contributed by atoms with van der Waals surface area (Å²) in [6, 6.07) is 13.4. The van der Waals surface area contributed by atoms with E-state index < -0.39 is 15.6 Å². The van der Waals surface area contributed by atoms with Gasteiger partial charge in [0.25, 0.3) is 15.6 Å². The Balaban J connectivity index is 1.77. The van der Waals surface area contributed by atoms with Crippen molar-refractivity contribution in [3.05, 3.63) is 80.4 Å². The van der Waals surface area contributed by atoms with Crippen LogP contribution in [0.3, 0.4) is 0 Å². The highest BCUT2D eigenvalue weighted by Crippen LogP contribution is 2.32. The number of aryl methyl sites for hydroxylation is 1. The average molecular weight is 453 g/mol. The van der Waals surface area contributed by atoms with Crippen LogP contribution < -0.4 is 10.9 Å². The maximum atomic E-state index is 13.5. The SMILES string of the molecule is Cc1ccc(Cn2c(=O)c(C3=NS(=O)(=O)c4ccccc4N3)c(O)c3cccnc32)s1. The molecule has 1 aliphatic heterocycles. The molecule has 0 aliphatic carbocycles. The van der Waals surface area contributed by atoms with Gasteiger partial charge >= 0.3 is 0 Å². The number of rotatable bonds is 3. The Morgan fingerprint density at radius 2 is 1.94 bits per heavy atom. The number of benzene rings is 1. The average Bonchev–Trinajstić information content (AvgIpc) is 3.16. The Kier molecular flexibility index (Phi) is 4.42. The lowest BCUT2D eigenvalue weighted by molar-refractivity contribution is 0.477. The fraction of sp³-hybridized carbons (Fsp3) is 0.0952. The topological polar surface area (TPSA) is 114 Å². The monoisotopic (exact) mass is 452 g/mol. The smallest absolute Gasteiger partial charge is 0.286 e. The number of aromatic nitrogens is 2. The predicted octanol–water partition coefficient (Wildman–Crippen LogP) is 3.08. The summed E-state index contributed by atoms with van der Waals surface area (Å²) in [5, 5.41) is 14.1. The van der Waals surface area contributed by atoms with E-state index in [4.69, 9.17) is 0 Å². The van der Waals surface area contributed by atoms with E-state index in [-0.39, 0.29) is 34.3 Å². The third-order valence-electron chi connectivity index (χ3n) is 4.97.